The molecule has 0 aliphatic carbocycles. The standard InChI is InChI=1S/C21H23BrN2O/c1-21(2,3)13-19(24-20(25)16-7-5-4-6-8-16)18(14-23)15-9-11-17(22)12-10-15/h4-12,18-19H,13H2,1-3H3,(H,24,25). The van der Waals surface area contributed by atoms with Crippen molar-refractivity contribution in [2.45, 2.75) is 39.2 Å². The van der Waals surface area contributed by atoms with Crippen LogP contribution < -0.4 is 5.32 Å². The summed E-state index contributed by atoms with van der Waals surface area (Å²) in [5, 5.41) is 12.9. The Morgan fingerprint density at radius 2 is 1.72 bits per heavy atom. The molecule has 130 valence electrons. The zero-order valence-electron chi connectivity index (χ0n) is 14.8. The summed E-state index contributed by atoms with van der Waals surface area (Å²) in [4.78, 5) is 12.6. The number of carbonyl (C=O) groups excluding carboxylic acids is 1. The summed E-state index contributed by atoms with van der Waals surface area (Å²) in [6, 6.07) is 19.0. The van der Waals surface area contributed by atoms with Gasteiger partial charge in [-0.25, -0.2) is 0 Å². The maximum atomic E-state index is 12.6. The van der Waals surface area contributed by atoms with Gasteiger partial charge in [0, 0.05) is 16.1 Å². The Balaban J connectivity index is 2.29. The Hall–Kier alpha value is -2.12. The highest BCUT2D eigenvalue weighted by atomic mass is 79.9. The molecule has 1 amide bonds. The van der Waals surface area contributed by atoms with Crippen LogP contribution in [0, 0.1) is 16.7 Å². The highest BCUT2D eigenvalue weighted by Crippen LogP contribution is 2.30. The highest BCUT2D eigenvalue weighted by Gasteiger charge is 2.29. The van der Waals surface area contributed by atoms with Gasteiger partial charge < -0.3 is 5.32 Å². The normalized spacial score (nSPS) is 13.6. The first kappa shape index (κ1) is 19.2. The van der Waals surface area contributed by atoms with E-state index in [2.05, 4.69) is 48.1 Å². The Morgan fingerprint density at radius 1 is 1.12 bits per heavy atom. The topological polar surface area (TPSA) is 52.9 Å². The van der Waals surface area contributed by atoms with Gasteiger partial charge in [-0.1, -0.05) is 67.0 Å². The summed E-state index contributed by atoms with van der Waals surface area (Å²) in [5.41, 5.74) is 1.50. The highest BCUT2D eigenvalue weighted by molar-refractivity contribution is 9.10. The van der Waals surface area contributed by atoms with Crippen LogP contribution >= 0.6 is 15.9 Å². The van der Waals surface area contributed by atoms with Crippen LogP contribution in [0.1, 0.15) is 49.0 Å². The third-order valence-electron chi connectivity index (χ3n) is 3.96. The fourth-order valence-corrected chi connectivity index (χ4v) is 3.08. The molecule has 0 radical (unpaired) electrons. The van der Waals surface area contributed by atoms with E-state index in [1.165, 1.54) is 0 Å². The molecule has 4 heteroatoms. The van der Waals surface area contributed by atoms with Crippen molar-refractivity contribution in [3.05, 3.63) is 70.2 Å². The lowest BCUT2D eigenvalue weighted by atomic mass is 9.81. The Labute approximate surface area is 158 Å². The first-order valence-electron chi connectivity index (χ1n) is 8.31. The molecule has 0 aromatic heterocycles. The van der Waals surface area contributed by atoms with Crippen molar-refractivity contribution < 1.29 is 4.79 Å². The predicted octanol–water partition coefficient (Wildman–Crippen LogP) is 5.29. The van der Waals surface area contributed by atoms with Gasteiger partial charge >= 0.3 is 0 Å². The van der Waals surface area contributed by atoms with Crippen LogP contribution in [0.2, 0.25) is 0 Å². The molecular weight excluding hydrogens is 376 g/mol. The van der Waals surface area contributed by atoms with Gasteiger partial charge in [0.15, 0.2) is 0 Å². The zero-order valence-corrected chi connectivity index (χ0v) is 16.4. The quantitative estimate of drug-likeness (QED) is 0.743. The zero-order chi connectivity index (χ0) is 18.4. The molecule has 0 saturated heterocycles. The largest absolute Gasteiger partial charge is 0.348 e. The number of benzene rings is 2. The molecule has 0 fully saturated rings. The van der Waals surface area contributed by atoms with Crippen LogP contribution in [0.15, 0.2) is 59.1 Å². The summed E-state index contributed by atoms with van der Waals surface area (Å²) >= 11 is 3.42. The molecule has 0 saturated carbocycles. The second-order valence-corrected chi connectivity index (χ2v) is 8.28. The van der Waals surface area contributed by atoms with Crippen LogP contribution in [-0.2, 0) is 0 Å². The molecule has 2 rings (SSSR count). The molecule has 3 nitrogen and oxygen atoms in total. The maximum absolute atomic E-state index is 12.6. The summed E-state index contributed by atoms with van der Waals surface area (Å²) in [6.07, 6.45) is 0.708. The molecule has 0 aliphatic rings. The first-order valence-corrected chi connectivity index (χ1v) is 9.10. The Kier molecular flexibility index (Phi) is 6.39. The molecule has 0 bridgehead atoms. The summed E-state index contributed by atoms with van der Waals surface area (Å²) in [6.45, 7) is 6.35. The maximum Gasteiger partial charge on any atom is 0.251 e. The van der Waals surface area contributed by atoms with Gasteiger partial charge in [-0.05, 0) is 41.7 Å². The van der Waals surface area contributed by atoms with E-state index in [9.17, 15) is 10.1 Å². The fraction of sp³-hybridized carbons (Fsp3) is 0.333. The lowest BCUT2D eigenvalue weighted by Crippen LogP contribution is -2.41. The lowest BCUT2D eigenvalue weighted by Gasteiger charge is -2.30. The van der Waals surface area contributed by atoms with Crippen molar-refractivity contribution in [2.75, 3.05) is 0 Å². The second kappa shape index (κ2) is 8.31. The number of nitrogens with zero attached hydrogens (tertiary/aromatic N) is 1. The average molecular weight is 399 g/mol. The number of halogens is 1. The van der Waals surface area contributed by atoms with E-state index in [0.29, 0.717) is 12.0 Å². The number of hydrogen-bond acceptors (Lipinski definition) is 2. The molecule has 0 aliphatic heterocycles. The summed E-state index contributed by atoms with van der Waals surface area (Å²) < 4.78 is 0.966. The number of rotatable bonds is 5. The molecule has 2 aromatic rings. The smallest absolute Gasteiger partial charge is 0.251 e. The number of hydrogen-bond donors (Lipinski definition) is 1. The van der Waals surface area contributed by atoms with Gasteiger partial charge in [-0.15, -0.1) is 0 Å². The number of amides is 1. The van der Waals surface area contributed by atoms with Gasteiger partial charge in [-0.3, -0.25) is 4.79 Å². The van der Waals surface area contributed by atoms with Crippen molar-refractivity contribution in [3.63, 3.8) is 0 Å². The Bertz CT molecular complexity index is 742. The minimum Gasteiger partial charge on any atom is -0.348 e. The third kappa shape index (κ3) is 5.72. The molecule has 1 N–H and O–H groups in total. The van der Waals surface area contributed by atoms with Crippen molar-refractivity contribution in [1.29, 1.82) is 5.26 Å². The van der Waals surface area contributed by atoms with E-state index < -0.39 is 5.92 Å². The average Bonchev–Trinajstić information content (AvgIpc) is 2.56. The molecule has 2 aromatic carbocycles. The predicted molar refractivity (Wildman–Crippen MR) is 104 cm³/mol. The van der Waals surface area contributed by atoms with Crippen LogP contribution in [0.4, 0.5) is 0 Å². The third-order valence-corrected chi connectivity index (χ3v) is 4.48. The molecule has 2 atom stereocenters. The van der Waals surface area contributed by atoms with Crippen molar-refractivity contribution >= 4 is 21.8 Å². The van der Waals surface area contributed by atoms with E-state index in [0.717, 1.165) is 10.0 Å². The van der Waals surface area contributed by atoms with Gasteiger partial charge in [0.25, 0.3) is 5.91 Å². The van der Waals surface area contributed by atoms with E-state index in [1.54, 1.807) is 12.1 Å². The second-order valence-electron chi connectivity index (χ2n) is 7.37. The SMILES string of the molecule is CC(C)(C)CC(NC(=O)c1ccccc1)C(C#N)c1ccc(Br)cc1. The molecule has 0 spiro atoms. The van der Waals surface area contributed by atoms with Crippen LogP contribution in [0.3, 0.4) is 0 Å². The number of nitrogens with one attached hydrogen (secondary N) is 1. The summed E-state index contributed by atoms with van der Waals surface area (Å²) in [7, 11) is 0. The molecule has 2 unspecified atom stereocenters. The fourth-order valence-electron chi connectivity index (χ4n) is 2.82. The monoisotopic (exact) mass is 398 g/mol. The van der Waals surface area contributed by atoms with Crippen LogP contribution in [0.5, 0.6) is 0 Å². The summed E-state index contributed by atoms with van der Waals surface area (Å²) in [5.74, 6) is -0.549. The van der Waals surface area contributed by atoms with Gasteiger partial charge in [-0.2, -0.15) is 5.26 Å². The van der Waals surface area contributed by atoms with E-state index in [4.69, 9.17) is 0 Å². The van der Waals surface area contributed by atoms with E-state index in [-0.39, 0.29) is 17.4 Å². The Morgan fingerprint density at radius 3 is 2.24 bits per heavy atom. The van der Waals surface area contributed by atoms with Crippen molar-refractivity contribution in [2.24, 2.45) is 5.41 Å². The molecule has 0 heterocycles. The van der Waals surface area contributed by atoms with E-state index in [1.807, 2.05) is 42.5 Å². The van der Waals surface area contributed by atoms with Gasteiger partial charge in [0.1, 0.15) is 0 Å². The van der Waals surface area contributed by atoms with Gasteiger partial charge in [0.05, 0.1) is 12.0 Å². The minimum absolute atomic E-state index is 0.0148. The van der Waals surface area contributed by atoms with Crippen molar-refractivity contribution in [3.8, 4) is 6.07 Å². The van der Waals surface area contributed by atoms with Crippen LogP contribution in [-0.4, -0.2) is 11.9 Å². The van der Waals surface area contributed by atoms with Crippen LogP contribution in [0.25, 0.3) is 0 Å². The lowest BCUT2D eigenvalue weighted by molar-refractivity contribution is 0.0923. The molecular formula is C21H23BrN2O. The first-order chi connectivity index (χ1) is 11.8. The minimum atomic E-state index is -0.403. The van der Waals surface area contributed by atoms with E-state index >= 15 is 0 Å². The van der Waals surface area contributed by atoms with Gasteiger partial charge in [0.2, 0.25) is 0 Å². The number of carbonyl (C=O) groups is 1. The molecule has 25 heavy (non-hydrogen) atoms. The van der Waals surface area contributed by atoms with Crippen molar-refractivity contribution in [1.82, 2.24) is 5.32 Å². The number of nitriles is 1.